The van der Waals surface area contributed by atoms with Crippen LogP contribution >= 0.6 is 0 Å². The number of urea groups is 1. The predicted molar refractivity (Wildman–Crippen MR) is 76.5 cm³/mol. The Morgan fingerprint density at radius 1 is 1.20 bits per heavy atom. The van der Waals surface area contributed by atoms with Crippen molar-refractivity contribution in [2.45, 2.75) is 64.3 Å². The van der Waals surface area contributed by atoms with Crippen molar-refractivity contribution in [3.63, 3.8) is 0 Å². The summed E-state index contributed by atoms with van der Waals surface area (Å²) >= 11 is 0. The van der Waals surface area contributed by atoms with Gasteiger partial charge in [-0.05, 0) is 45.4 Å². The molecule has 0 aromatic carbocycles. The molecule has 5 nitrogen and oxygen atoms in total. The van der Waals surface area contributed by atoms with Crippen LogP contribution in [0, 0.1) is 11.3 Å². The van der Waals surface area contributed by atoms with Crippen LogP contribution in [0.1, 0.15) is 58.8 Å². The summed E-state index contributed by atoms with van der Waals surface area (Å²) in [6.07, 6.45) is 6.60. The summed E-state index contributed by atoms with van der Waals surface area (Å²) in [7, 11) is 0. The van der Waals surface area contributed by atoms with Crippen LogP contribution in [-0.2, 0) is 4.79 Å². The Kier molecular flexibility index (Phi) is 4.25. The van der Waals surface area contributed by atoms with Crippen molar-refractivity contribution >= 4 is 12.0 Å². The summed E-state index contributed by atoms with van der Waals surface area (Å²) in [5.41, 5.74) is -0.966. The summed E-state index contributed by atoms with van der Waals surface area (Å²) in [6.45, 7) is 4.28. The van der Waals surface area contributed by atoms with Crippen molar-refractivity contribution in [2.24, 2.45) is 11.3 Å². The van der Waals surface area contributed by atoms with Crippen LogP contribution in [0.4, 0.5) is 4.79 Å². The lowest BCUT2D eigenvalue weighted by molar-refractivity contribution is -0.150. The molecule has 114 valence electrons. The van der Waals surface area contributed by atoms with Crippen LogP contribution in [0.3, 0.4) is 0 Å². The maximum Gasteiger partial charge on any atom is 0.315 e. The number of rotatable bonds is 5. The Hall–Kier alpha value is -1.26. The molecule has 2 rings (SSSR count). The Balaban J connectivity index is 1.86. The first-order valence-corrected chi connectivity index (χ1v) is 7.65. The van der Waals surface area contributed by atoms with E-state index in [1.54, 1.807) is 0 Å². The van der Waals surface area contributed by atoms with Crippen LogP contribution in [0.25, 0.3) is 0 Å². The molecular formula is C15H26N2O3. The highest BCUT2D eigenvalue weighted by Gasteiger charge is 2.41. The van der Waals surface area contributed by atoms with Crippen LogP contribution in [0.2, 0.25) is 0 Å². The lowest BCUT2D eigenvalue weighted by Crippen LogP contribution is -2.53. The van der Waals surface area contributed by atoms with E-state index in [2.05, 4.69) is 10.6 Å². The van der Waals surface area contributed by atoms with Gasteiger partial charge in [0.1, 0.15) is 0 Å². The van der Waals surface area contributed by atoms with Gasteiger partial charge in [-0.25, -0.2) is 4.79 Å². The molecule has 0 saturated heterocycles. The van der Waals surface area contributed by atoms with E-state index < -0.39 is 11.4 Å². The van der Waals surface area contributed by atoms with Gasteiger partial charge in [0.15, 0.2) is 0 Å². The first-order valence-electron chi connectivity index (χ1n) is 7.65. The molecule has 2 aliphatic rings. The van der Waals surface area contributed by atoms with Gasteiger partial charge in [-0.15, -0.1) is 0 Å². The van der Waals surface area contributed by atoms with Gasteiger partial charge in [-0.1, -0.05) is 19.3 Å². The van der Waals surface area contributed by atoms with Crippen molar-refractivity contribution in [3.05, 3.63) is 0 Å². The topological polar surface area (TPSA) is 78.4 Å². The molecule has 0 atom stereocenters. The quantitative estimate of drug-likeness (QED) is 0.725. The van der Waals surface area contributed by atoms with Gasteiger partial charge >= 0.3 is 12.0 Å². The molecule has 0 aromatic rings. The molecule has 5 heteroatoms. The lowest BCUT2D eigenvalue weighted by Gasteiger charge is -2.34. The normalized spacial score (nSPS) is 22.1. The Bertz CT molecular complexity index is 383. The van der Waals surface area contributed by atoms with E-state index in [9.17, 15) is 14.7 Å². The van der Waals surface area contributed by atoms with E-state index in [0.717, 1.165) is 32.1 Å². The minimum Gasteiger partial charge on any atom is -0.481 e. The van der Waals surface area contributed by atoms with Crippen LogP contribution in [0.15, 0.2) is 0 Å². The molecular weight excluding hydrogens is 256 g/mol. The SMILES string of the molecule is CC(C)(NC(=O)NCC1(C(=O)O)CCCCC1)C1CC1. The van der Waals surface area contributed by atoms with Gasteiger partial charge < -0.3 is 15.7 Å². The monoisotopic (exact) mass is 282 g/mol. The van der Waals surface area contributed by atoms with E-state index in [0.29, 0.717) is 18.8 Å². The highest BCUT2D eigenvalue weighted by Crippen LogP contribution is 2.39. The highest BCUT2D eigenvalue weighted by atomic mass is 16.4. The third kappa shape index (κ3) is 3.44. The zero-order valence-electron chi connectivity index (χ0n) is 12.5. The zero-order chi connectivity index (χ0) is 14.8. The van der Waals surface area contributed by atoms with Crippen molar-refractivity contribution in [3.8, 4) is 0 Å². The maximum absolute atomic E-state index is 12.0. The summed E-state index contributed by atoms with van der Waals surface area (Å²) in [4.78, 5) is 23.5. The molecule has 0 radical (unpaired) electrons. The van der Waals surface area contributed by atoms with E-state index in [-0.39, 0.29) is 18.1 Å². The summed E-state index contributed by atoms with van der Waals surface area (Å²) < 4.78 is 0. The number of aliphatic carboxylic acids is 1. The number of nitrogens with one attached hydrogen (secondary N) is 2. The Morgan fingerprint density at radius 3 is 2.30 bits per heavy atom. The first kappa shape index (κ1) is 15.1. The van der Waals surface area contributed by atoms with Gasteiger partial charge in [0, 0.05) is 12.1 Å². The van der Waals surface area contributed by atoms with Gasteiger partial charge in [-0.3, -0.25) is 4.79 Å². The molecule has 2 amide bonds. The average molecular weight is 282 g/mol. The van der Waals surface area contributed by atoms with Crippen LogP contribution in [-0.4, -0.2) is 29.2 Å². The molecule has 0 heterocycles. The van der Waals surface area contributed by atoms with Gasteiger partial charge in [0.25, 0.3) is 0 Å². The van der Waals surface area contributed by atoms with E-state index >= 15 is 0 Å². The maximum atomic E-state index is 12.0. The fourth-order valence-electron chi connectivity index (χ4n) is 3.19. The number of hydrogen-bond acceptors (Lipinski definition) is 2. The second-order valence-electron chi connectivity index (χ2n) is 6.95. The smallest absolute Gasteiger partial charge is 0.315 e. The zero-order valence-corrected chi connectivity index (χ0v) is 12.5. The van der Waals surface area contributed by atoms with Crippen molar-refractivity contribution in [1.82, 2.24) is 10.6 Å². The molecule has 3 N–H and O–H groups in total. The van der Waals surface area contributed by atoms with E-state index in [1.807, 2.05) is 13.8 Å². The van der Waals surface area contributed by atoms with E-state index in [1.165, 1.54) is 0 Å². The average Bonchev–Trinajstić information content (AvgIpc) is 3.21. The Morgan fingerprint density at radius 2 is 1.80 bits per heavy atom. The molecule has 20 heavy (non-hydrogen) atoms. The van der Waals surface area contributed by atoms with Crippen molar-refractivity contribution < 1.29 is 14.7 Å². The molecule has 2 aliphatic carbocycles. The van der Waals surface area contributed by atoms with Gasteiger partial charge in [0.05, 0.1) is 5.41 Å². The molecule has 0 aliphatic heterocycles. The highest BCUT2D eigenvalue weighted by molar-refractivity contribution is 5.78. The molecule has 0 unspecified atom stereocenters. The molecule has 0 spiro atoms. The van der Waals surface area contributed by atoms with Crippen molar-refractivity contribution in [1.29, 1.82) is 0 Å². The fraction of sp³-hybridized carbons (Fsp3) is 0.867. The standard InChI is InChI=1S/C15H26N2O3/c1-14(2,11-6-7-11)17-13(20)16-10-15(12(18)19)8-4-3-5-9-15/h11H,3-10H2,1-2H3,(H,18,19)(H2,16,17,20). The second-order valence-corrected chi connectivity index (χ2v) is 6.95. The fourth-order valence-corrected chi connectivity index (χ4v) is 3.19. The molecule has 2 fully saturated rings. The molecule has 0 aromatic heterocycles. The predicted octanol–water partition coefficient (Wildman–Crippen LogP) is 2.51. The summed E-state index contributed by atoms with van der Waals surface area (Å²) in [5.74, 6) is -0.227. The molecule has 0 bridgehead atoms. The van der Waals surface area contributed by atoms with Crippen LogP contribution in [0.5, 0.6) is 0 Å². The first-order chi connectivity index (χ1) is 9.36. The summed E-state index contributed by atoms with van der Waals surface area (Å²) in [6, 6.07) is -0.243. The number of carbonyl (C=O) groups is 2. The lowest BCUT2D eigenvalue weighted by atomic mass is 9.74. The third-order valence-corrected chi connectivity index (χ3v) is 4.89. The Labute approximate surface area is 120 Å². The van der Waals surface area contributed by atoms with Gasteiger partial charge in [-0.2, -0.15) is 0 Å². The number of hydrogen-bond donors (Lipinski definition) is 3. The largest absolute Gasteiger partial charge is 0.481 e. The number of amides is 2. The molecule has 2 saturated carbocycles. The third-order valence-electron chi connectivity index (χ3n) is 4.89. The minimum absolute atomic E-state index is 0.201. The second kappa shape index (κ2) is 5.62. The number of carboxylic acid groups (broad SMARTS) is 1. The van der Waals surface area contributed by atoms with E-state index in [4.69, 9.17) is 0 Å². The van der Waals surface area contributed by atoms with Crippen molar-refractivity contribution in [2.75, 3.05) is 6.54 Å². The van der Waals surface area contributed by atoms with Crippen LogP contribution < -0.4 is 10.6 Å². The summed E-state index contributed by atoms with van der Waals surface area (Å²) in [5, 5.41) is 15.2. The van der Waals surface area contributed by atoms with Gasteiger partial charge in [0.2, 0.25) is 0 Å². The number of carboxylic acids is 1. The number of carbonyl (C=O) groups excluding carboxylic acids is 1. The minimum atomic E-state index is -0.779.